The molecule has 0 saturated carbocycles. The van der Waals surface area contributed by atoms with E-state index in [1.54, 1.807) is 0 Å². The summed E-state index contributed by atoms with van der Waals surface area (Å²) in [6.45, 7) is 0.0693. The smallest absolute Gasteiger partial charge is 0.451 e. The van der Waals surface area contributed by atoms with Gasteiger partial charge in [-0.3, -0.25) is 9.59 Å². The van der Waals surface area contributed by atoms with E-state index in [1.807, 2.05) is 30.5 Å². The van der Waals surface area contributed by atoms with Gasteiger partial charge in [-0.25, -0.2) is 0 Å². The van der Waals surface area contributed by atoms with E-state index in [4.69, 9.17) is 21.5 Å². The minimum Gasteiger partial charge on any atom is -0.480 e. The highest BCUT2D eigenvalue weighted by molar-refractivity contribution is 6.40. The Labute approximate surface area is 168 Å². The van der Waals surface area contributed by atoms with Gasteiger partial charge in [-0.2, -0.15) is 0 Å². The maximum absolute atomic E-state index is 12.9. The number of carboxylic acid groups (broad SMARTS) is 1. The van der Waals surface area contributed by atoms with E-state index in [2.05, 4.69) is 4.98 Å². The number of H-pyrrole nitrogens is 1. The highest BCUT2D eigenvalue weighted by Crippen LogP contribution is 2.31. The Morgan fingerprint density at radius 2 is 2.07 bits per heavy atom. The molecule has 1 fully saturated rings. The molecule has 29 heavy (non-hydrogen) atoms. The molecule has 10 heteroatoms. The predicted molar refractivity (Wildman–Crippen MR) is 109 cm³/mol. The van der Waals surface area contributed by atoms with Crippen molar-refractivity contribution in [2.24, 2.45) is 17.4 Å². The molecular weight excluding hydrogens is 375 g/mol. The Morgan fingerprint density at radius 1 is 1.34 bits per heavy atom. The Hall–Kier alpha value is -2.40. The number of benzene rings is 1. The van der Waals surface area contributed by atoms with Crippen LogP contribution >= 0.6 is 0 Å². The molecule has 9 nitrogen and oxygen atoms in total. The fourth-order valence-electron chi connectivity index (χ4n) is 4.10. The molecule has 0 aliphatic carbocycles. The summed E-state index contributed by atoms with van der Waals surface area (Å²) in [4.78, 5) is 29.3. The minimum atomic E-state index is -1.57. The van der Waals surface area contributed by atoms with Crippen LogP contribution in [0.3, 0.4) is 0 Å². The lowest BCUT2D eigenvalue weighted by Crippen LogP contribution is -2.55. The van der Waals surface area contributed by atoms with Gasteiger partial charge in [-0.1, -0.05) is 24.6 Å². The number of carbonyl (C=O) groups is 2. The van der Waals surface area contributed by atoms with Crippen LogP contribution in [0.1, 0.15) is 18.4 Å². The summed E-state index contributed by atoms with van der Waals surface area (Å²) in [6, 6.07) is 6.91. The molecule has 3 rings (SSSR count). The Morgan fingerprint density at radius 3 is 2.76 bits per heavy atom. The molecule has 1 aliphatic rings. The summed E-state index contributed by atoms with van der Waals surface area (Å²) < 4.78 is 0. The molecular formula is C19H27BN4O5. The first-order chi connectivity index (χ1) is 13.7. The van der Waals surface area contributed by atoms with Gasteiger partial charge in [-0.05, 0) is 30.8 Å². The second-order valence-electron chi connectivity index (χ2n) is 7.84. The van der Waals surface area contributed by atoms with Crippen LogP contribution in [0.2, 0.25) is 6.32 Å². The minimum absolute atomic E-state index is 0.116. The molecule has 1 aromatic carbocycles. The van der Waals surface area contributed by atoms with E-state index in [9.17, 15) is 14.7 Å². The molecule has 156 valence electrons. The molecule has 2 aromatic rings. The lowest BCUT2D eigenvalue weighted by atomic mass is 9.78. The van der Waals surface area contributed by atoms with Crippen molar-refractivity contribution in [1.29, 1.82) is 0 Å². The zero-order valence-corrected chi connectivity index (χ0v) is 16.1. The van der Waals surface area contributed by atoms with Crippen LogP contribution in [0.5, 0.6) is 0 Å². The first kappa shape index (κ1) is 21.3. The number of rotatable bonds is 8. The summed E-state index contributed by atoms with van der Waals surface area (Å²) in [7, 11) is -1.45. The summed E-state index contributed by atoms with van der Waals surface area (Å²) in [6.07, 6.45) is 3.06. The van der Waals surface area contributed by atoms with Gasteiger partial charge in [0.05, 0.1) is 6.04 Å². The van der Waals surface area contributed by atoms with Gasteiger partial charge in [0.2, 0.25) is 5.91 Å². The number of likely N-dealkylation sites (tertiary alicyclic amines) is 1. The van der Waals surface area contributed by atoms with Crippen molar-refractivity contribution in [1.82, 2.24) is 9.88 Å². The summed E-state index contributed by atoms with van der Waals surface area (Å²) in [5.41, 5.74) is 12.6. The maximum Gasteiger partial charge on any atom is 0.451 e. The number of amides is 1. The topological polar surface area (TPSA) is 166 Å². The molecule has 0 spiro atoms. The Bertz CT molecular complexity index is 888. The fraction of sp³-hybridized carbons (Fsp3) is 0.474. The fourth-order valence-corrected chi connectivity index (χ4v) is 4.10. The molecule has 1 amide bonds. The molecule has 1 saturated heterocycles. The van der Waals surface area contributed by atoms with E-state index >= 15 is 0 Å². The average Bonchev–Trinajstić information content (AvgIpc) is 3.23. The van der Waals surface area contributed by atoms with Crippen LogP contribution in [0.4, 0.5) is 0 Å². The quantitative estimate of drug-likeness (QED) is 0.325. The number of carbonyl (C=O) groups excluding carboxylic acids is 1. The van der Waals surface area contributed by atoms with Crippen LogP contribution in [0, 0.1) is 5.92 Å². The molecule has 0 bridgehead atoms. The normalized spacial score (nSPS) is 22.8. The van der Waals surface area contributed by atoms with Crippen LogP contribution in [-0.4, -0.2) is 68.7 Å². The van der Waals surface area contributed by atoms with Gasteiger partial charge in [0.25, 0.3) is 0 Å². The van der Waals surface area contributed by atoms with Crippen LogP contribution < -0.4 is 11.5 Å². The number of nitrogens with one attached hydrogen (secondary N) is 1. The maximum atomic E-state index is 12.9. The lowest BCUT2D eigenvalue weighted by Gasteiger charge is -2.25. The second kappa shape index (κ2) is 8.54. The van der Waals surface area contributed by atoms with Crippen molar-refractivity contribution >= 4 is 29.9 Å². The van der Waals surface area contributed by atoms with E-state index in [1.165, 1.54) is 4.90 Å². The average molecular weight is 402 g/mol. The monoisotopic (exact) mass is 402 g/mol. The van der Waals surface area contributed by atoms with Crippen molar-refractivity contribution in [3.8, 4) is 0 Å². The SMILES string of the molecule is N[C@@H](Cc1c[nH]c2ccccc12)C(=O)N1CC(CCCB(O)O)[C@](N)(C(=O)O)C1. The van der Waals surface area contributed by atoms with Gasteiger partial charge >= 0.3 is 13.1 Å². The number of nitrogens with two attached hydrogens (primary N) is 2. The molecule has 0 radical (unpaired) electrons. The van der Waals surface area contributed by atoms with Crippen LogP contribution in [-0.2, 0) is 16.0 Å². The summed E-state index contributed by atoms with van der Waals surface area (Å²) >= 11 is 0. The third-order valence-corrected chi connectivity index (χ3v) is 5.78. The molecule has 8 N–H and O–H groups in total. The number of hydrogen-bond donors (Lipinski definition) is 6. The Balaban J connectivity index is 1.68. The number of para-hydroxylation sites is 1. The summed E-state index contributed by atoms with van der Waals surface area (Å²) in [5.74, 6) is -1.99. The number of carboxylic acids is 1. The first-order valence-electron chi connectivity index (χ1n) is 9.70. The molecule has 2 heterocycles. The van der Waals surface area contributed by atoms with E-state index in [0.29, 0.717) is 19.3 Å². The number of aromatic amines is 1. The lowest BCUT2D eigenvalue weighted by molar-refractivity contribution is -0.144. The number of hydrogen-bond acceptors (Lipinski definition) is 6. The summed E-state index contributed by atoms with van der Waals surface area (Å²) in [5, 5.41) is 28.6. The number of aliphatic carboxylic acids is 1. The molecule has 1 aliphatic heterocycles. The number of fused-ring (bicyclic) bond motifs is 1. The third kappa shape index (κ3) is 4.45. The molecule has 3 atom stereocenters. The van der Waals surface area contributed by atoms with Gasteiger partial charge in [0, 0.05) is 36.1 Å². The standard InChI is InChI=1S/C19H27BN4O5/c21-15(8-12-9-23-16-6-2-1-5-14(12)16)17(25)24-10-13(4-3-7-20(28)29)19(22,11-24)18(26)27/h1-2,5-6,9,13,15,23,28-29H,3-4,7-8,10-11,21-22H2,(H,26,27)/t13?,15-,19-/m0/s1. The van der Waals surface area contributed by atoms with E-state index in [-0.39, 0.29) is 25.3 Å². The van der Waals surface area contributed by atoms with E-state index in [0.717, 1.165) is 16.5 Å². The van der Waals surface area contributed by atoms with Crippen molar-refractivity contribution < 1.29 is 24.7 Å². The molecule has 1 unspecified atom stereocenters. The number of aromatic nitrogens is 1. The van der Waals surface area contributed by atoms with Gasteiger partial charge in [0.15, 0.2) is 0 Å². The highest BCUT2D eigenvalue weighted by Gasteiger charge is 2.51. The largest absolute Gasteiger partial charge is 0.480 e. The number of nitrogens with zero attached hydrogens (tertiary/aromatic N) is 1. The van der Waals surface area contributed by atoms with E-state index < -0.39 is 30.6 Å². The molecule has 1 aromatic heterocycles. The first-order valence-corrected chi connectivity index (χ1v) is 9.70. The zero-order chi connectivity index (χ0) is 21.2. The van der Waals surface area contributed by atoms with Gasteiger partial charge in [0.1, 0.15) is 5.54 Å². The third-order valence-electron chi connectivity index (χ3n) is 5.78. The predicted octanol–water partition coefficient (Wildman–Crippen LogP) is -0.469. The van der Waals surface area contributed by atoms with Crippen LogP contribution in [0.25, 0.3) is 10.9 Å². The van der Waals surface area contributed by atoms with Crippen LogP contribution in [0.15, 0.2) is 30.5 Å². The van der Waals surface area contributed by atoms with Crippen molar-refractivity contribution in [3.63, 3.8) is 0 Å². The highest BCUT2D eigenvalue weighted by atomic mass is 16.4. The van der Waals surface area contributed by atoms with Crippen molar-refractivity contribution in [2.75, 3.05) is 13.1 Å². The zero-order valence-electron chi connectivity index (χ0n) is 16.1. The van der Waals surface area contributed by atoms with Crippen molar-refractivity contribution in [3.05, 3.63) is 36.0 Å². The van der Waals surface area contributed by atoms with Gasteiger partial charge in [-0.15, -0.1) is 0 Å². The van der Waals surface area contributed by atoms with Crippen molar-refractivity contribution in [2.45, 2.75) is 37.2 Å². The second-order valence-corrected chi connectivity index (χ2v) is 7.84. The van der Waals surface area contributed by atoms with Gasteiger partial charge < -0.3 is 36.5 Å². The Kier molecular flexibility index (Phi) is 6.28.